The lowest BCUT2D eigenvalue weighted by Crippen LogP contribution is -2.19. The monoisotopic (exact) mass is 222 g/mol. The summed E-state index contributed by atoms with van der Waals surface area (Å²) in [5.74, 6) is 1.53. The third-order valence-corrected chi connectivity index (χ3v) is 2.94. The molecule has 2 rings (SSSR count). The van der Waals surface area contributed by atoms with E-state index in [9.17, 15) is 0 Å². The molecule has 88 valence electrons. The lowest BCUT2D eigenvalue weighted by atomic mass is 9.89. The molecule has 1 aliphatic rings. The van der Waals surface area contributed by atoms with Crippen molar-refractivity contribution in [1.82, 2.24) is 15.0 Å². The van der Waals surface area contributed by atoms with Crippen molar-refractivity contribution in [3.63, 3.8) is 0 Å². The third kappa shape index (κ3) is 2.95. The van der Waals surface area contributed by atoms with Crippen LogP contribution >= 0.6 is 0 Å². The fraction of sp³-hybridized carbons (Fsp3) is 0.700. The molecule has 5 N–H and O–H groups in total. The maximum absolute atomic E-state index is 5.49. The van der Waals surface area contributed by atoms with Crippen LogP contribution in [0.1, 0.15) is 32.1 Å². The van der Waals surface area contributed by atoms with E-state index >= 15 is 0 Å². The quantitative estimate of drug-likeness (QED) is 0.705. The third-order valence-electron chi connectivity index (χ3n) is 2.94. The maximum atomic E-state index is 5.49. The van der Waals surface area contributed by atoms with Gasteiger partial charge in [-0.25, -0.2) is 0 Å². The van der Waals surface area contributed by atoms with Gasteiger partial charge >= 0.3 is 0 Å². The van der Waals surface area contributed by atoms with Crippen LogP contribution < -0.4 is 16.8 Å². The number of aromatic nitrogens is 3. The van der Waals surface area contributed by atoms with Crippen molar-refractivity contribution in [2.45, 2.75) is 32.1 Å². The van der Waals surface area contributed by atoms with E-state index in [0.29, 0.717) is 11.9 Å². The second kappa shape index (κ2) is 4.96. The Morgan fingerprint density at radius 1 is 1.00 bits per heavy atom. The molecular weight excluding hydrogens is 204 g/mol. The van der Waals surface area contributed by atoms with Crippen LogP contribution in [0.5, 0.6) is 0 Å². The minimum Gasteiger partial charge on any atom is -0.368 e. The van der Waals surface area contributed by atoms with Crippen LogP contribution in [-0.2, 0) is 0 Å². The van der Waals surface area contributed by atoms with Gasteiger partial charge in [0.05, 0.1) is 0 Å². The lowest BCUT2D eigenvalue weighted by molar-refractivity contribution is 0.373. The first-order valence-corrected chi connectivity index (χ1v) is 5.75. The van der Waals surface area contributed by atoms with E-state index in [4.69, 9.17) is 11.5 Å². The number of anilines is 3. The molecule has 6 heteroatoms. The zero-order valence-electron chi connectivity index (χ0n) is 9.32. The summed E-state index contributed by atoms with van der Waals surface area (Å²) in [5.41, 5.74) is 11.0. The number of hydrogen-bond acceptors (Lipinski definition) is 6. The highest BCUT2D eigenvalue weighted by Gasteiger charge is 2.13. The first-order chi connectivity index (χ1) is 7.74. The average Bonchev–Trinajstić information content (AvgIpc) is 2.27. The SMILES string of the molecule is Nc1nc(N)nc(NCC2CCCCC2)n1. The fourth-order valence-corrected chi connectivity index (χ4v) is 2.12. The number of rotatable bonds is 3. The molecule has 1 fully saturated rings. The predicted octanol–water partition coefficient (Wildman–Crippen LogP) is 1.03. The van der Waals surface area contributed by atoms with Gasteiger partial charge in [0.25, 0.3) is 0 Å². The molecule has 0 bridgehead atoms. The zero-order chi connectivity index (χ0) is 11.4. The molecule has 1 aliphatic carbocycles. The number of nitrogen functional groups attached to an aromatic ring is 2. The van der Waals surface area contributed by atoms with Crippen LogP contribution in [0.4, 0.5) is 17.8 Å². The van der Waals surface area contributed by atoms with Crippen LogP contribution in [0.3, 0.4) is 0 Å². The van der Waals surface area contributed by atoms with Gasteiger partial charge in [-0.3, -0.25) is 0 Å². The Labute approximate surface area is 94.9 Å². The molecule has 0 unspecified atom stereocenters. The van der Waals surface area contributed by atoms with E-state index in [1.807, 2.05) is 0 Å². The van der Waals surface area contributed by atoms with Gasteiger partial charge in [0.15, 0.2) is 0 Å². The molecule has 0 saturated heterocycles. The largest absolute Gasteiger partial charge is 0.368 e. The van der Waals surface area contributed by atoms with Gasteiger partial charge in [-0.05, 0) is 18.8 Å². The van der Waals surface area contributed by atoms with Crippen LogP contribution in [0.25, 0.3) is 0 Å². The minimum absolute atomic E-state index is 0.165. The van der Waals surface area contributed by atoms with E-state index in [2.05, 4.69) is 20.3 Å². The molecule has 1 aromatic heterocycles. The summed E-state index contributed by atoms with van der Waals surface area (Å²) in [6, 6.07) is 0. The second-order valence-electron chi connectivity index (χ2n) is 4.26. The predicted molar refractivity (Wildman–Crippen MR) is 63.7 cm³/mol. The van der Waals surface area contributed by atoms with Crippen molar-refractivity contribution in [2.75, 3.05) is 23.3 Å². The zero-order valence-corrected chi connectivity index (χ0v) is 9.32. The first kappa shape index (κ1) is 10.9. The van der Waals surface area contributed by atoms with Crippen LogP contribution in [0, 0.1) is 5.92 Å². The lowest BCUT2D eigenvalue weighted by Gasteiger charge is -2.21. The summed E-state index contributed by atoms with van der Waals surface area (Å²) in [6.45, 7) is 0.892. The molecule has 16 heavy (non-hydrogen) atoms. The van der Waals surface area contributed by atoms with Crippen molar-refractivity contribution in [1.29, 1.82) is 0 Å². The minimum atomic E-state index is 0.165. The van der Waals surface area contributed by atoms with E-state index in [1.165, 1.54) is 32.1 Å². The summed E-state index contributed by atoms with van der Waals surface area (Å²) < 4.78 is 0. The van der Waals surface area contributed by atoms with Crippen LogP contribution in [0.2, 0.25) is 0 Å². The first-order valence-electron chi connectivity index (χ1n) is 5.75. The highest BCUT2D eigenvalue weighted by Crippen LogP contribution is 2.23. The Balaban J connectivity index is 1.88. The van der Waals surface area contributed by atoms with E-state index in [1.54, 1.807) is 0 Å². The van der Waals surface area contributed by atoms with Gasteiger partial charge < -0.3 is 16.8 Å². The highest BCUT2D eigenvalue weighted by molar-refractivity contribution is 5.36. The number of nitrogens with one attached hydrogen (secondary N) is 1. The van der Waals surface area contributed by atoms with Crippen molar-refractivity contribution >= 4 is 17.8 Å². The summed E-state index contributed by atoms with van der Waals surface area (Å²) in [7, 11) is 0. The summed E-state index contributed by atoms with van der Waals surface area (Å²) in [5, 5.41) is 3.17. The van der Waals surface area contributed by atoms with Gasteiger partial charge in [0, 0.05) is 6.54 Å². The Kier molecular flexibility index (Phi) is 3.38. The smallest absolute Gasteiger partial charge is 0.229 e. The Morgan fingerprint density at radius 2 is 1.62 bits per heavy atom. The standard InChI is InChI=1S/C10H18N6/c11-8-14-9(12)16-10(15-8)13-6-7-4-2-1-3-5-7/h7H,1-6H2,(H5,11,12,13,14,15,16). The molecule has 0 amide bonds. The highest BCUT2D eigenvalue weighted by atomic mass is 15.2. The average molecular weight is 222 g/mol. The van der Waals surface area contributed by atoms with Crippen LogP contribution in [0.15, 0.2) is 0 Å². The second-order valence-corrected chi connectivity index (χ2v) is 4.26. The van der Waals surface area contributed by atoms with E-state index in [0.717, 1.165) is 6.54 Å². The molecule has 1 heterocycles. The Morgan fingerprint density at radius 3 is 2.25 bits per heavy atom. The molecule has 0 aromatic carbocycles. The van der Waals surface area contributed by atoms with E-state index in [-0.39, 0.29) is 11.9 Å². The van der Waals surface area contributed by atoms with Gasteiger partial charge in [-0.2, -0.15) is 15.0 Å². The van der Waals surface area contributed by atoms with Gasteiger partial charge in [0.2, 0.25) is 17.8 Å². The number of nitrogens with zero attached hydrogens (tertiary/aromatic N) is 3. The van der Waals surface area contributed by atoms with Crippen molar-refractivity contribution in [3.05, 3.63) is 0 Å². The van der Waals surface area contributed by atoms with E-state index < -0.39 is 0 Å². The topological polar surface area (TPSA) is 103 Å². The molecular formula is C10H18N6. The number of nitrogens with two attached hydrogens (primary N) is 2. The molecule has 1 aromatic rings. The summed E-state index contributed by atoms with van der Waals surface area (Å²) in [6.07, 6.45) is 6.58. The Hall–Kier alpha value is -1.59. The van der Waals surface area contributed by atoms with Crippen LogP contribution in [-0.4, -0.2) is 21.5 Å². The van der Waals surface area contributed by atoms with Gasteiger partial charge in [-0.15, -0.1) is 0 Å². The number of hydrogen-bond donors (Lipinski definition) is 3. The molecule has 0 aliphatic heterocycles. The molecule has 0 atom stereocenters. The maximum Gasteiger partial charge on any atom is 0.229 e. The van der Waals surface area contributed by atoms with Crippen molar-refractivity contribution in [2.24, 2.45) is 5.92 Å². The van der Waals surface area contributed by atoms with Gasteiger partial charge in [0.1, 0.15) is 0 Å². The molecule has 0 spiro atoms. The van der Waals surface area contributed by atoms with Crippen molar-refractivity contribution in [3.8, 4) is 0 Å². The fourth-order valence-electron chi connectivity index (χ4n) is 2.12. The normalized spacial score (nSPS) is 17.2. The molecule has 1 saturated carbocycles. The van der Waals surface area contributed by atoms with Gasteiger partial charge in [-0.1, -0.05) is 19.3 Å². The molecule has 0 radical (unpaired) electrons. The summed E-state index contributed by atoms with van der Waals surface area (Å²) >= 11 is 0. The summed E-state index contributed by atoms with van der Waals surface area (Å²) in [4.78, 5) is 11.7. The van der Waals surface area contributed by atoms with Crippen molar-refractivity contribution < 1.29 is 0 Å². The Bertz CT molecular complexity index is 327. The molecule has 6 nitrogen and oxygen atoms in total.